The summed E-state index contributed by atoms with van der Waals surface area (Å²) in [5, 5.41) is 0. The first-order valence-electron chi connectivity index (χ1n) is 5.56. The lowest BCUT2D eigenvalue weighted by atomic mass is 10.0. The smallest absolute Gasteiger partial charge is 0.408 e. The number of fused-ring (bicyclic) bond motifs is 1. The van der Waals surface area contributed by atoms with Gasteiger partial charge in [0.05, 0.1) is 5.52 Å². The minimum atomic E-state index is -0.412. The monoisotopic (exact) mass is 220 g/mol. The van der Waals surface area contributed by atoms with Crippen molar-refractivity contribution in [3.8, 4) is 0 Å². The van der Waals surface area contributed by atoms with Gasteiger partial charge in [-0.3, -0.25) is 4.98 Å². The number of H-pyrrole nitrogens is 1. The van der Waals surface area contributed by atoms with E-state index >= 15 is 0 Å². The Morgan fingerprint density at radius 3 is 3.06 bits per heavy atom. The molecule has 1 aromatic carbocycles. The molecule has 1 aromatic heterocycles. The molecule has 0 aliphatic heterocycles. The third-order valence-corrected chi connectivity index (χ3v) is 2.64. The molecule has 0 bridgehead atoms. The Balaban J connectivity index is 2.22. The fourth-order valence-corrected chi connectivity index (χ4v) is 1.89. The SMILES string of the molecule is CCCC(N)Cc1ccc2[nH]c(=O)oc2c1. The first-order chi connectivity index (χ1) is 7.69. The molecule has 0 saturated heterocycles. The average Bonchev–Trinajstić information content (AvgIpc) is 2.57. The lowest BCUT2D eigenvalue weighted by Gasteiger charge is -2.09. The van der Waals surface area contributed by atoms with E-state index < -0.39 is 5.76 Å². The van der Waals surface area contributed by atoms with E-state index in [1.165, 1.54) is 0 Å². The van der Waals surface area contributed by atoms with E-state index in [2.05, 4.69) is 11.9 Å². The molecule has 0 saturated carbocycles. The molecule has 0 amide bonds. The van der Waals surface area contributed by atoms with Crippen LogP contribution in [0, 0.1) is 0 Å². The van der Waals surface area contributed by atoms with Crippen molar-refractivity contribution in [2.45, 2.75) is 32.2 Å². The van der Waals surface area contributed by atoms with Gasteiger partial charge in [-0.05, 0) is 30.5 Å². The fraction of sp³-hybridized carbons (Fsp3) is 0.417. The third-order valence-electron chi connectivity index (χ3n) is 2.64. The van der Waals surface area contributed by atoms with E-state index in [-0.39, 0.29) is 6.04 Å². The first kappa shape index (κ1) is 11.0. The predicted octanol–water partition coefficient (Wildman–Crippen LogP) is 1.79. The molecule has 0 fully saturated rings. The fourth-order valence-electron chi connectivity index (χ4n) is 1.89. The van der Waals surface area contributed by atoms with Crippen LogP contribution >= 0.6 is 0 Å². The van der Waals surface area contributed by atoms with Crippen LogP contribution in [-0.4, -0.2) is 11.0 Å². The lowest BCUT2D eigenvalue weighted by molar-refractivity contribution is 0.554. The van der Waals surface area contributed by atoms with Crippen LogP contribution < -0.4 is 11.5 Å². The molecule has 86 valence electrons. The Hall–Kier alpha value is -1.55. The normalized spacial score (nSPS) is 13.1. The molecule has 1 heterocycles. The first-order valence-corrected chi connectivity index (χ1v) is 5.56. The zero-order valence-electron chi connectivity index (χ0n) is 9.32. The second-order valence-electron chi connectivity index (χ2n) is 4.10. The summed E-state index contributed by atoms with van der Waals surface area (Å²) in [6.07, 6.45) is 2.91. The van der Waals surface area contributed by atoms with Gasteiger partial charge < -0.3 is 10.2 Å². The van der Waals surface area contributed by atoms with Gasteiger partial charge in [-0.1, -0.05) is 19.4 Å². The predicted molar refractivity (Wildman–Crippen MR) is 63.4 cm³/mol. The Kier molecular flexibility index (Phi) is 3.10. The van der Waals surface area contributed by atoms with Crippen LogP contribution in [0.2, 0.25) is 0 Å². The topological polar surface area (TPSA) is 72.0 Å². The summed E-state index contributed by atoms with van der Waals surface area (Å²) in [5.41, 5.74) is 8.41. The zero-order chi connectivity index (χ0) is 11.5. The van der Waals surface area contributed by atoms with Crippen molar-refractivity contribution < 1.29 is 4.42 Å². The molecular weight excluding hydrogens is 204 g/mol. The summed E-state index contributed by atoms with van der Waals surface area (Å²) in [5.74, 6) is -0.412. The number of rotatable bonds is 4. The van der Waals surface area contributed by atoms with Crippen molar-refractivity contribution in [3.05, 3.63) is 34.3 Å². The molecule has 0 aliphatic rings. The third kappa shape index (κ3) is 2.33. The highest BCUT2D eigenvalue weighted by atomic mass is 16.4. The van der Waals surface area contributed by atoms with Crippen molar-refractivity contribution in [1.82, 2.24) is 4.98 Å². The van der Waals surface area contributed by atoms with E-state index in [4.69, 9.17) is 10.2 Å². The summed E-state index contributed by atoms with van der Waals surface area (Å²) >= 11 is 0. The number of benzene rings is 1. The van der Waals surface area contributed by atoms with E-state index in [0.717, 1.165) is 30.3 Å². The number of oxazole rings is 1. The minimum absolute atomic E-state index is 0.174. The molecule has 0 aliphatic carbocycles. The highest BCUT2D eigenvalue weighted by Gasteiger charge is 2.06. The summed E-state index contributed by atoms with van der Waals surface area (Å²) in [4.78, 5) is 13.6. The highest BCUT2D eigenvalue weighted by Crippen LogP contribution is 2.14. The van der Waals surface area contributed by atoms with Crippen LogP contribution in [0.15, 0.2) is 27.4 Å². The molecule has 4 heteroatoms. The van der Waals surface area contributed by atoms with Crippen molar-refractivity contribution in [3.63, 3.8) is 0 Å². The van der Waals surface area contributed by atoms with Gasteiger partial charge in [0.2, 0.25) is 0 Å². The van der Waals surface area contributed by atoms with Crippen molar-refractivity contribution in [2.24, 2.45) is 5.73 Å². The number of aromatic nitrogens is 1. The number of nitrogens with one attached hydrogen (secondary N) is 1. The van der Waals surface area contributed by atoms with E-state index in [9.17, 15) is 4.79 Å². The molecule has 1 atom stereocenters. The van der Waals surface area contributed by atoms with Gasteiger partial charge in [0.15, 0.2) is 5.58 Å². The van der Waals surface area contributed by atoms with Gasteiger partial charge in [-0.15, -0.1) is 0 Å². The molecule has 4 nitrogen and oxygen atoms in total. The number of nitrogens with two attached hydrogens (primary N) is 1. The van der Waals surface area contributed by atoms with Crippen LogP contribution in [-0.2, 0) is 6.42 Å². The second-order valence-corrected chi connectivity index (χ2v) is 4.10. The number of aromatic amines is 1. The van der Waals surface area contributed by atoms with Gasteiger partial charge >= 0.3 is 5.76 Å². The summed E-state index contributed by atoms with van der Waals surface area (Å²) in [6, 6.07) is 5.88. The molecule has 1 unspecified atom stereocenters. The molecule has 2 rings (SSSR count). The van der Waals surface area contributed by atoms with Crippen LogP contribution in [0.25, 0.3) is 11.1 Å². The minimum Gasteiger partial charge on any atom is -0.408 e. The summed E-state index contributed by atoms with van der Waals surface area (Å²) in [6.45, 7) is 2.12. The standard InChI is InChI=1S/C12H16N2O2/c1-2-3-9(13)6-8-4-5-10-11(7-8)16-12(15)14-10/h4-5,7,9H,2-3,6,13H2,1H3,(H,14,15). The summed E-state index contributed by atoms with van der Waals surface area (Å²) in [7, 11) is 0. The van der Waals surface area contributed by atoms with Crippen molar-refractivity contribution >= 4 is 11.1 Å². The number of hydrogen-bond acceptors (Lipinski definition) is 3. The van der Waals surface area contributed by atoms with E-state index in [1.807, 2.05) is 18.2 Å². The zero-order valence-corrected chi connectivity index (χ0v) is 9.32. The van der Waals surface area contributed by atoms with Crippen LogP contribution in [0.5, 0.6) is 0 Å². The Morgan fingerprint density at radius 2 is 2.31 bits per heavy atom. The largest absolute Gasteiger partial charge is 0.417 e. The second kappa shape index (κ2) is 4.53. The van der Waals surface area contributed by atoms with Crippen molar-refractivity contribution in [2.75, 3.05) is 0 Å². The number of hydrogen-bond donors (Lipinski definition) is 2. The van der Waals surface area contributed by atoms with E-state index in [0.29, 0.717) is 5.58 Å². The lowest BCUT2D eigenvalue weighted by Crippen LogP contribution is -2.22. The highest BCUT2D eigenvalue weighted by molar-refractivity contribution is 5.72. The van der Waals surface area contributed by atoms with Crippen LogP contribution in [0.4, 0.5) is 0 Å². The molecule has 0 spiro atoms. The van der Waals surface area contributed by atoms with Gasteiger partial charge in [0.1, 0.15) is 0 Å². The van der Waals surface area contributed by atoms with Crippen LogP contribution in [0.1, 0.15) is 25.3 Å². The van der Waals surface area contributed by atoms with Crippen LogP contribution in [0.3, 0.4) is 0 Å². The van der Waals surface area contributed by atoms with Gasteiger partial charge in [0.25, 0.3) is 0 Å². The van der Waals surface area contributed by atoms with Crippen molar-refractivity contribution in [1.29, 1.82) is 0 Å². The molecule has 2 aromatic rings. The van der Waals surface area contributed by atoms with Gasteiger partial charge in [-0.25, -0.2) is 4.79 Å². The quantitative estimate of drug-likeness (QED) is 0.825. The van der Waals surface area contributed by atoms with Gasteiger partial charge in [0, 0.05) is 6.04 Å². The van der Waals surface area contributed by atoms with Gasteiger partial charge in [-0.2, -0.15) is 0 Å². The Morgan fingerprint density at radius 1 is 1.50 bits per heavy atom. The molecular formula is C12H16N2O2. The maximum Gasteiger partial charge on any atom is 0.417 e. The molecule has 3 N–H and O–H groups in total. The Labute approximate surface area is 93.5 Å². The maximum atomic E-state index is 11.0. The van der Waals surface area contributed by atoms with E-state index in [1.54, 1.807) is 0 Å². The molecule has 0 radical (unpaired) electrons. The molecule has 16 heavy (non-hydrogen) atoms. The Bertz CT molecular complexity index is 527. The summed E-state index contributed by atoms with van der Waals surface area (Å²) < 4.78 is 5.00. The maximum absolute atomic E-state index is 11.0. The average molecular weight is 220 g/mol.